The van der Waals surface area contributed by atoms with Gasteiger partial charge in [0.25, 0.3) is 0 Å². The van der Waals surface area contributed by atoms with Crippen LogP contribution in [0.5, 0.6) is 5.75 Å². The Morgan fingerprint density at radius 3 is 2.86 bits per heavy atom. The highest BCUT2D eigenvalue weighted by atomic mass is 35.5. The highest BCUT2D eigenvalue weighted by Crippen LogP contribution is 2.47. The Balaban J connectivity index is 1.50. The number of hydrogen-bond acceptors (Lipinski definition) is 7. The first-order chi connectivity index (χ1) is 16.8. The Kier molecular flexibility index (Phi) is 6.02. The van der Waals surface area contributed by atoms with Crippen LogP contribution in [0.4, 0.5) is 23.1 Å². The molecule has 3 heterocycles. The highest BCUT2D eigenvalue weighted by Gasteiger charge is 2.42. The number of carboxylic acids is 1. The number of hydrogen-bond donors (Lipinski definition) is 2. The molecule has 0 spiro atoms. The van der Waals surface area contributed by atoms with Gasteiger partial charge in [-0.15, -0.1) is 0 Å². The van der Waals surface area contributed by atoms with E-state index < -0.39 is 11.4 Å². The quantitative estimate of drug-likeness (QED) is 0.508. The van der Waals surface area contributed by atoms with Gasteiger partial charge in [-0.1, -0.05) is 36.7 Å². The Bertz CT molecular complexity index is 1300. The second kappa shape index (κ2) is 9.02. The molecule has 8 nitrogen and oxygen atoms in total. The number of aliphatic carboxylic acids is 1. The number of likely N-dealkylation sites (N-methyl/N-ethyl adjacent to an activating group) is 1. The van der Waals surface area contributed by atoms with Gasteiger partial charge < -0.3 is 25.0 Å². The van der Waals surface area contributed by atoms with E-state index in [4.69, 9.17) is 21.3 Å². The van der Waals surface area contributed by atoms with E-state index in [0.717, 1.165) is 42.2 Å². The topological polar surface area (TPSA) is 90.8 Å². The standard InChI is InChI=1S/C26H28ClN5O3/c1-26(12-23(33)34)15-32(21-7-5-4-6-18(21)26)24-19(27)13-28-25(30-24)29-20-10-17-14-31(2)9-8-16(17)11-22(20)35-3/h4-7,10-11,13H,8-9,12,14-15H2,1-3H3,(H,33,34)(H,28,29,30)/t26-/m1/s1. The molecule has 1 aromatic heterocycles. The Hall–Kier alpha value is -3.36. The van der Waals surface area contributed by atoms with Crippen molar-refractivity contribution in [3.63, 3.8) is 0 Å². The minimum Gasteiger partial charge on any atom is -0.495 e. The maximum absolute atomic E-state index is 11.6. The van der Waals surface area contributed by atoms with Crippen molar-refractivity contribution in [2.45, 2.75) is 31.7 Å². The molecule has 2 aromatic carbocycles. The van der Waals surface area contributed by atoms with Crippen molar-refractivity contribution >= 4 is 40.7 Å². The van der Waals surface area contributed by atoms with Crippen LogP contribution < -0.4 is 15.0 Å². The molecule has 2 aliphatic heterocycles. The fraction of sp³-hybridized carbons (Fsp3) is 0.346. The number of benzene rings is 2. The van der Waals surface area contributed by atoms with Crippen molar-refractivity contribution in [1.82, 2.24) is 14.9 Å². The summed E-state index contributed by atoms with van der Waals surface area (Å²) in [4.78, 5) is 25.1. The van der Waals surface area contributed by atoms with Crippen molar-refractivity contribution in [1.29, 1.82) is 0 Å². The van der Waals surface area contributed by atoms with E-state index in [9.17, 15) is 9.90 Å². The number of ether oxygens (including phenoxy) is 1. The molecule has 3 aromatic rings. The molecule has 1 atom stereocenters. The molecule has 0 fully saturated rings. The number of nitrogens with zero attached hydrogens (tertiary/aromatic N) is 4. The summed E-state index contributed by atoms with van der Waals surface area (Å²) in [7, 11) is 3.77. The zero-order chi connectivity index (χ0) is 24.7. The van der Waals surface area contributed by atoms with Gasteiger partial charge in [-0.25, -0.2) is 4.98 Å². The Morgan fingerprint density at radius 2 is 2.09 bits per heavy atom. The van der Waals surface area contributed by atoms with E-state index in [0.29, 0.717) is 23.3 Å². The number of para-hydroxylation sites is 1. The monoisotopic (exact) mass is 493 g/mol. The fourth-order valence-corrected chi connectivity index (χ4v) is 5.33. The maximum Gasteiger partial charge on any atom is 0.304 e. The predicted molar refractivity (Wildman–Crippen MR) is 136 cm³/mol. The van der Waals surface area contributed by atoms with E-state index >= 15 is 0 Å². The van der Waals surface area contributed by atoms with E-state index in [1.54, 1.807) is 13.3 Å². The molecule has 5 rings (SSSR count). The second-order valence-corrected chi connectivity index (χ2v) is 9.94. The molecule has 0 saturated heterocycles. The molecule has 0 radical (unpaired) electrons. The van der Waals surface area contributed by atoms with Gasteiger partial charge in [0.2, 0.25) is 5.95 Å². The summed E-state index contributed by atoms with van der Waals surface area (Å²) in [5.74, 6) is 0.804. The zero-order valence-electron chi connectivity index (χ0n) is 20.0. The van der Waals surface area contributed by atoms with Gasteiger partial charge in [-0.3, -0.25) is 4.79 Å². The van der Waals surface area contributed by atoms with Gasteiger partial charge in [0, 0.05) is 30.7 Å². The molecule has 9 heteroatoms. The average molecular weight is 494 g/mol. The first-order valence-electron chi connectivity index (χ1n) is 11.5. The van der Waals surface area contributed by atoms with Crippen LogP contribution in [0.25, 0.3) is 0 Å². The minimum absolute atomic E-state index is 0.00902. The summed E-state index contributed by atoms with van der Waals surface area (Å²) in [6.45, 7) is 4.30. The Morgan fingerprint density at radius 1 is 1.29 bits per heavy atom. The molecule has 0 amide bonds. The largest absolute Gasteiger partial charge is 0.495 e. The number of carbonyl (C=O) groups is 1. The molecule has 2 aliphatic rings. The molecule has 0 bridgehead atoms. The van der Waals surface area contributed by atoms with Crippen LogP contribution in [0.2, 0.25) is 5.02 Å². The van der Waals surface area contributed by atoms with Crippen molar-refractivity contribution < 1.29 is 14.6 Å². The summed E-state index contributed by atoms with van der Waals surface area (Å²) in [5, 5.41) is 13.2. The van der Waals surface area contributed by atoms with Crippen LogP contribution in [0, 0.1) is 0 Å². The van der Waals surface area contributed by atoms with E-state index in [-0.39, 0.29) is 6.42 Å². The third-order valence-corrected chi connectivity index (χ3v) is 7.11. The summed E-state index contributed by atoms with van der Waals surface area (Å²) in [5.41, 5.74) is 4.61. The molecule has 182 valence electrons. The molecule has 0 aliphatic carbocycles. The first-order valence-corrected chi connectivity index (χ1v) is 11.9. The van der Waals surface area contributed by atoms with Gasteiger partial charge in [-0.05, 0) is 48.4 Å². The zero-order valence-corrected chi connectivity index (χ0v) is 20.8. The normalized spacial score (nSPS) is 19.3. The van der Waals surface area contributed by atoms with Crippen LogP contribution in [-0.2, 0) is 23.2 Å². The molecule has 35 heavy (non-hydrogen) atoms. The number of nitrogens with one attached hydrogen (secondary N) is 1. The first kappa shape index (κ1) is 23.4. The number of methoxy groups -OCH3 is 1. The summed E-state index contributed by atoms with van der Waals surface area (Å²) >= 11 is 6.57. The van der Waals surface area contributed by atoms with Gasteiger partial charge in [-0.2, -0.15) is 4.98 Å². The van der Waals surface area contributed by atoms with Crippen molar-refractivity contribution in [3.8, 4) is 5.75 Å². The van der Waals surface area contributed by atoms with Crippen LogP contribution in [0.1, 0.15) is 30.0 Å². The molecule has 2 N–H and O–H groups in total. The average Bonchev–Trinajstić information content (AvgIpc) is 3.11. The highest BCUT2D eigenvalue weighted by molar-refractivity contribution is 6.33. The van der Waals surface area contributed by atoms with E-state index in [2.05, 4.69) is 34.4 Å². The SMILES string of the molecule is COc1cc2c(cc1Nc1ncc(Cl)c(N3C[C@@](C)(CC(=O)O)c4ccccc43)n1)CN(C)CC2. The number of carboxylic acid groups (broad SMARTS) is 1. The third-order valence-electron chi connectivity index (χ3n) is 6.85. The number of rotatable bonds is 6. The van der Waals surface area contributed by atoms with Gasteiger partial charge >= 0.3 is 5.97 Å². The minimum atomic E-state index is -0.842. The van der Waals surface area contributed by atoms with E-state index in [1.807, 2.05) is 36.1 Å². The Labute approximate surface area is 209 Å². The lowest BCUT2D eigenvalue weighted by Gasteiger charge is -2.26. The van der Waals surface area contributed by atoms with Crippen LogP contribution in [-0.4, -0.2) is 53.2 Å². The van der Waals surface area contributed by atoms with Gasteiger partial charge in [0.1, 0.15) is 10.8 Å². The summed E-state index contributed by atoms with van der Waals surface area (Å²) in [6.07, 6.45) is 2.56. The lowest BCUT2D eigenvalue weighted by Crippen LogP contribution is -2.31. The lowest BCUT2D eigenvalue weighted by atomic mass is 9.81. The maximum atomic E-state index is 11.6. The molecular formula is C26H28ClN5O3. The summed E-state index contributed by atoms with van der Waals surface area (Å²) in [6, 6.07) is 12.0. The van der Waals surface area contributed by atoms with E-state index in [1.165, 1.54) is 11.1 Å². The second-order valence-electron chi connectivity index (χ2n) is 9.53. The number of fused-ring (bicyclic) bond motifs is 2. The van der Waals surface area contributed by atoms with Crippen LogP contribution in [0.3, 0.4) is 0 Å². The lowest BCUT2D eigenvalue weighted by molar-refractivity contribution is -0.138. The van der Waals surface area contributed by atoms with Crippen molar-refractivity contribution in [2.24, 2.45) is 0 Å². The van der Waals surface area contributed by atoms with Crippen molar-refractivity contribution in [3.05, 3.63) is 64.3 Å². The number of anilines is 4. The van der Waals surface area contributed by atoms with Crippen LogP contribution in [0.15, 0.2) is 42.6 Å². The van der Waals surface area contributed by atoms with Crippen LogP contribution >= 0.6 is 11.6 Å². The third kappa shape index (κ3) is 4.39. The fourth-order valence-electron chi connectivity index (χ4n) is 5.14. The van der Waals surface area contributed by atoms with Crippen molar-refractivity contribution in [2.75, 3.05) is 37.5 Å². The van der Waals surface area contributed by atoms with Gasteiger partial charge in [0.15, 0.2) is 5.82 Å². The summed E-state index contributed by atoms with van der Waals surface area (Å²) < 4.78 is 5.65. The predicted octanol–water partition coefficient (Wildman–Crippen LogP) is 4.75. The van der Waals surface area contributed by atoms with Gasteiger partial charge in [0.05, 0.1) is 25.4 Å². The molecule has 0 saturated carbocycles. The smallest absolute Gasteiger partial charge is 0.304 e. The number of halogens is 1. The molecular weight excluding hydrogens is 466 g/mol. The molecule has 0 unspecified atom stereocenters. The number of aromatic nitrogens is 2.